The molecule has 0 aromatic carbocycles. The predicted octanol–water partition coefficient (Wildman–Crippen LogP) is 0.427. The predicted molar refractivity (Wildman–Crippen MR) is 118 cm³/mol. The normalized spacial score (nSPS) is 27.0. The van der Waals surface area contributed by atoms with E-state index in [0.717, 1.165) is 10.9 Å². The lowest BCUT2D eigenvalue weighted by Crippen LogP contribution is -2.48. The molecule has 1 aliphatic rings. The summed E-state index contributed by atoms with van der Waals surface area (Å²) in [5, 5.41) is 13.8. The number of ether oxygens (including phenoxy) is 2. The quantitative estimate of drug-likeness (QED) is 0.0823. The fourth-order valence-corrected chi connectivity index (χ4v) is 6.38. The number of aliphatic hydroxyl groups is 1. The van der Waals surface area contributed by atoms with Crippen molar-refractivity contribution in [1.82, 2.24) is 19.5 Å². The zero-order valence-corrected chi connectivity index (χ0v) is 21.5. The Labute approximate surface area is 210 Å². The SMILES string of the molecule is CCOc1nc(N)nc2c1ncn2[C@@H]1O[C@](CN=[N+]=[N-])(COP(=O)(O)OP(=O)(O)OP(=O)(O)O)[C@@H](O)[C@H]1F. The first kappa shape index (κ1) is 30.3. The lowest BCUT2D eigenvalue weighted by molar-refractivity contribution is -0.118. The van der Waals surface area contributed by atoms with Gasteiger partial charge in [-0.15, -0.1) is 0 Å². The smallest absolute Gasteiger partial charge is 0.476 e. The molecule has 38 heavy (non-hydrogen) atoms. The summed E-state index contributed by atoms with van der Waals surface area (Å²) in [4.78, 5) is 50.6. The second-order valence-electron chi connectivity index (χ2n) is 7.36. The Morgan fingerprint density at radius 3 is 2.55 bits per heavy atom. The Kier molecular flexibility index (Phi) is 8.82. The van der Waals surface area contributed by atoms with Gasteiger partial charge in [0.2, 0.25) is 11.8 Å². The van der Waals surface area contributed by atoms with Crippen molar-refractivity contribution in [2.75, 3.05) is 25.5 Å². The van der Waals surface area contributed by atoms with Crippen molar-refractivity contribution in [1.29, 1.82) is 0 Å². The van der Waals surface area contributed by atoms with Crippen LogP contribution in [0.2, 0.25) is 0 Å². The molecule has 3 heterocycles. The standard InChI is InChI=1S/C13H20FN8O13P3/c1-2-31-10-7-9(19-12(15)20-10)22(5-17-7)11-6(14)8(23)13(33-11,3-18-21-16)4-32-37(27,28)35-38(29,30)34-36(24,25)26/h5-6,8,11,23H,2-4H2,1H3,(H,27,28)(H,29,30)(H2,15,19,20)(H2,24,25,26)/t6-,8+,11-,13-/m1/s1. The number of aromatic nitrogens is 4. The van der Waals surface area contributed by atoms with Crippen LogP contribution in [0.15, 0.2) is 11.4 Å². The number of phosphoric ester groups is 1. The Morgan fingerprint density at radius 2 is 1.95 bits per heavy atom. The Hall–Kier alpha value is -2.28. The lowest BCUT2D eigenvalue weighted by Gasteiger charge is -2.30. The highest BCUT2D eigenvalue weighted by molar-refractivity contribution is 7.66. The monoisotopic (exact) mass is 608 g/mol. The number of alkyl halides is 1. The molecule has 0 spiro atoms. The van der Waals surface area contributed by atoms with Crippen molar-refractivity contribution in [2.24, 2.45) is 5.11 Å². The second kappa shape index (κ2) is 11.1. The van der Waals surface area contributed by atoms with Gasteiger partial charge in [0.05, 0.1) is 26.1 Å². The fourth-order valence-electron chi connectivity index (χ4n) is 3.30. The average Bonchev–Trinajstić information content (AvgIpc) is 3.29. The number of hydrogen-bond donors (Lipinski definition) is 6. The largest absolute Gasteiger partial charge is 0.490 e. The van der Waals surface area contributed by atoms with Crippen LogP contribution in [0.5, 0.6) is 5.88 Å². The number of azide groups is 1. The molecule has 1 fully saturated rings. The third-order valence-corrected chi connectivity index (χ3v) is 8.50. The fraction of sp³-hybridized carbons (Fsp3) is 0.615. The summed E-state index contributed by atoms with van der Waals surface area (Å²) in [7, 11) is -17.2. The number of fused-ring (bicyclic) bond motifs is 1. The Morgan fingerprint density at radius 1 is 1.26 bits per heavy atom. The highest BCUT2D eigenvalue weighted by atomic mass is 31.3. The van der Waals surface area contributed by atoms with Crippen molar-refractivity contribution in [3.8, 4) is 5.88 Å². The van der Waals surface area contributed by atoms with Gasteiger partial charge in [-0.2, -0.15) is 18.6 Å². The number of imidazole rings is 1. The van der Waals surface area contributed by atoms with Crippen LogP contribution < -0.4 is 10.5 Å². The zero-order valence-electron chi connectivity index (χ0n) is 18.9. The Bertz CT molecular complexity index is 1380. The Balaban J connectivity index is 1.92. The molecule has 0 radical (unpaired) electrons. The molecule has 21 nitrogen and oxygen atoms in total. The molecule has 1 aliphatic heterocycles. The van der Waals surface area contributed by atoms with Gasteiger partial charge < -0.3 is 39.9 Å². The summed E-state index contributed by atoms with van der Waals surface area (Å²) in [6.45, 7) is -0.414. The van der Waals surface area contributed by atoms with Gasteiger partial charge in [-0.25, -0.2) is 23.1 Å². The van der Waals surface area contributed by atoms with E-state index in [0.29, 0.717) is 0 Å². The third-order valence-electron chi connectivity index (χ3n) is 4.72. The summed E-state index contributed by atoms with van der Waals surface area (Å²) in [6, 6.07) is 0. The van der Waals surface area contributed by atoms with Crippen LogP contribution in [-0.2, 0) is 31.6 Å². The second-order valence-corrected chi connectivity index (χ2v) is 11.8. The van der Waals surface area contributed by atoms with E-state index in [9.17, 15) is 28.6 Å². The third kappa shape index (κ3) is 6.83. The van der Waals surface area contributed by atoms with Crippen LogP contribution >= 0.6 is 23.5 Å². The van der Waals surface area contributed by atoms with Gasteiger partial charge in [-0.1, -0.05) is 5.11 Å². The van der Waals surface area contributed by atoms with Gasteiger partial charge in [0, 0.05) is 4.91 Å². The molecule has 0 saturated carbocycles. The molecule has 2 aromatic heterocycles. The maximum atomic E-state index is 15.3. The van der Waals surface area contributed by atoms with E-state index in [1.54, 1.807) is 6.92 Å². The molecule has 25 heteroatoms. The van der Waals surface area contributed by atoms with Gasteiger partial charge >= 0.3 is 23.5 Å². The summed E-state index contributed by atoms with van der Waals surface area (Å²) < 4.78 is 73.4. The van der Waals surface area contributed by atoms with E-state index < -0.39 is 60.7 Å². The van der Waals surface area contributed by atoms with Crippen LogP contribution in [0.1, 0.15) is 13.2 Å². The van der Waals surface area contributed by atoms with Crippen molar-refractivity contribution in [3.05, 3.63) is 16.8 Å². The molecule has 0 bridgehead atoms. The minimum atomic E-state index is -5.87. The highest BCUT2D eigenvalue weighted by Crippen LogP contribution is 2.66. The van der Waals surface area contributed by atoms with Crippen molar-refractivity contribution < 1.29 is 65.4 Å². The zero-order chi connectivity index (χ0) is 28.5. The molecule has 0 amide bonds. The van der Waals surface area contributed by atoms with Crippen LogP contribution in [0.3, 0.4) is 0 Å². The number of nitrogens with two attached hydrogens (primary N) is 1. The number of aliphatic hydroxyl groups excluding tert-OH is 1. The topological polar surface area (TPSA) is 317 Å². The van der Waals surface area contributed by atoms with E-state index in [4.69, 9.17) is 30.5 Å². The average molecular weight is 608 g/mol. The molecule has 1 saturated heterocycles. The molecular formula is C13H20FN8O13P3. The van der Waals surface area contributed by atoms with E-state index in [-0.39, 0.29) is 29.6 Å². The molecular weight excluding hydrogens is 588 g/mol. The summed E-state index contributed by atoms with van der Waals surface area (Å²) in [5.74, 6) is -0.333. The van der Waals surface area contributed by atoms with Crippen LogP contribution in [0.25, 0.3) is 21.6 Å². The molecule has 2 unspecified atom stereocenters. The van der Waals surface area contributed by atoms with Crippen LogP contribution in [-0.4, -0.2) is 81.8 Å². The number of phosphoric acid groups is 3. The maximum absolute atomic E-state index is 15.3. The van der Waals surface area contributed by atoms with Gasteiger partial charge in [0.1, 0.15) is 11.7 Å². The van der Waals surface area contributed by atoms with E-state index in [1.807, 2.05) is 0 Å². The number of rotatable bonds is 12. The first-order chi connectivity index (χ1) is 17.5. The number of halogens is 1. The van der Waals surface area contributed by atoms with Gasteiger partial charge in [-0.05, 0) is 12.5 Å². The van der Waals surface area contributed by atoms with Crippen LogP contribution in [0, 0.1) is 0 Å². The van der Waals surface area contributed by atoms with Gasteiger partial charge in [0.25, 0.3) is 0 Å². The molecule has 2 aromatic rings. The molecule has 3 rings (SSSR count). The summed E-state index contributed by atoms with van der Waals surface area (Å²) >= 11 is 0. The molecule has 7 N–H and O–H groups in total. The first-order valence-corrected chi connectivity index (χ1v) is 14.5. The molecule has 6 atom stereocenters. The highest BCUT2D eigenvalue weighted by Gasteiger charge is 2.57. The number of nitrogen functional groups attached to an aromatic ring is 1. The molecule has 212 valence electrons. The lowest BCUT2D eigenvalue weighted by atomic mass is 9.97. The summed E-state index contributed by atoms with van der Waals surface area (Å²) in [5.41, 5.74) is 11.9. The first-order valence-electron chi connectivity index (χ1n) is 9.95. The minimum Gasteiger partial charge on any atom is -0.476 e. The molecule has 0 aliphatic carbocycles. The van der Waals surface area contributed by atoms with Crippen molar-refractivity contribution >= 4 is 40.6 Å². The minimum absolute atomic E-state index is 0.0344. The van der Waals surface area contributed by atoms with E-state index in [2.05, 4.69) is 38.1 Å². The van der Waals surface area contributed by atoms with Crippen molar-refractivity contribution in [3.63, 3.8) is 0 Å². The number of hydrogen-bond acceptors (Lipinski definition) is 14. The number of nitrogens with zero attached hydrogens (tertiary/aromatic N) is 7. The van der Waals surface area contributed by atoms with Crippen LogP contribution in [0.4, 0.5) is 10.3 Å². The maximum Gasteiger partial charge on any atom is 0.490 e. The van der Waals surface area contributed by atoms with E-state index in [1.165, 1.54) is 0 Å². The van der Waals surface area contributed by atoms with Crippen molar-refractivity contribution in [2.45, 2.75) is 31.0 Å². The van der Waals surface area contributed by atoms with E-state index >= 15 is 4.39 Å². The van der Waals surface area contributed by atoms with Gasteiger partial charge in [-0.3, -0.25) is 9.09 Å². The number of anilines is 1. The van der Waals surface area contributed by atoms with Gasteiger partial charge in [0.15, 0.2) is 23.6 Å². The summed E-state index contributed by atoms with van der Waals surface area (Å²) in [6.07, 6.45) is -5.32.